The summed E-state index contributed by atoms with van der Waals surface area (Å²) in [6, 6.07) is 4.39. The number of hydrogen-bond donors (Lipinski definition) is 1. The van der Waals surface area contributed by atoms with E-state index in [1.807, 2.05) is 12.1 Å². The third kappa shape index (κ3) is 2.33. The van der Waals surface area contributed by atoms with Gasteiger partial charge in [-0.3, -0.25) is 0 Å². The molecule has 0 aromatic carbocycles. The monoisotopic (exact) mass is 218 g/mol. The van der Waals surface area contributed by atoms with Crippen molar-refractivity contribution in [2.24, 2.45) is 0 Å². The largest absolute Gasteiger partial charge is 0.310 e. The van der Waals surface area contributed by atoms with Crippen LogP contribution in [0, 0.1) is 0 Å². The molecule has 0 bridgehead atoms. The second-order valence-electron chi connectivity index (χ2n) is 3.03. The van der Waals surface area contributed by atoms with Gasteiger partial charge in [-0.25, -0.2) is 4.98 Å². The van der Waals surface area contributed by atoms with Gasteiger partial charge in [-0.15, -0.1) is 12.4 Å². The number of nitrogens with zero attached hydrogens (tertiary/aromatic N) is 1. The molecule has 1 aromatic heterocycles. The number of hydrogen-bond acceptors (Lipinski definition) is 2. The smallest absolute Gasteiger partial charge is 0.133 e. The highest BCUT2D eigenvalue weighted by atomic mass is 35.5. The average molecular weight is 219 g/mol. The lowest BCUT2D eigenvalue weighted by Crippen LogP contribution is -2.13. The molecule has 72 valence electrons. The first-order valence-corrected chi connectivity index (χ1v) is 4.59. The summed E-state index contributed by atoms with van der Waals surface area (Å²) >= 11 is 5.95. The minimum Gasteiger partial charge on any atom is -0.310 e. The van der Waals surface area contributed by atoms with E-state index < -0.39 is 0 Å². The van der Waals surface area contributed by atoms with Gasteiger partial charge in [0.2, 0.25) is 0 Å². The molecule has 13 heavy (non-hydrogen) atoms. The Morgan fingerprint density at radius 3 is 3.00 bits per heavy atom. The first-order valence-electron chi connectivity index (χ1n) is 4.22. The molecule has 4 heteroatoms. The Kier molecular flexibility index (Phi) is 3.97. The minimum absolute atomic E-state index is 0. The van der Waals surface area contributed by atoms with E-state index in [1.165, 1.54) is 12.8 Å². The molecule has 0 amide bonds. The van der Waals surface area contributed by atoms with Crippen LogP contribution in [0.4, 0.5) is 0 Å². The van der Waals surface area contributed by atoms with Crippen LogP contribution < -0.4 is 5.32 Å². The van der Waals surface area contributed by atoms with Crippen LogP contribution in [0.25, 0.3) is 0 Å². The maximum Gasteiger partial charge on any atom is 0.133 e. The number of halogens is 2. The quantitative estimate of drug-likeness (QED) is 0.734. The van der Waals surface area contributed by atoms with E-state index in [0.29, 0.717) is 11.2 Å². The van der Waals surface area contributed by atoms with Gasteiger partial charge in [-0.1, -0.05) is 17.7 Å². The average Bonchev–Trinajstić information content (AvgIpc) is 2.57. The Labute approximate surface area is 89.1 Å². The van der Waals surface area contributed by atoms with Crippen LogP contribution in [0.3, 0.4) is 0 Å². The molecule has 0 radical (unpaired) electrons. The van der Waals surface area contributed by atoms with Crippen molar-refractivity contribution in [3.05, 3.63) is 29.0 Å². The summed E-state index contributed by atoms with van der Waals surface area (Å²) in [7, 11) is 0. The van der Waals surface area contributed by atoms with Crippen molar-refractivity contribution in [2.75, 3.05) is 6.54 Å². The second kappa shape index (κ2) is 4.80. The molecule has 1 aliphatic heterocycles. The molecule has 1 fully saturated rings. The summed E-state index contributed by atoms with van der Waals surface area (Å²) in [5.74, 6) is 0. The van der Waals surface area contributed by atoms with Crippen LogP contribution in [0.2, 0.25) is 5.15 Å². The van der Waals surface area contributed by atoms with Gasteiger partial charge in [-0.2, -0.15) is 0 Å². The lowest BCUT2D eigenvalue weighted by Gasteiger charge is -2.10. The molecule has 2 heterocycles. The first-order chi connectivity index (χ1) is 5.88. The fourth-order valence-electron chi connectivity index (χ4n) is 1.61. The van der Waals surface area contributed by atoms with Gasteiger partial charge in [0, 0.05) is 17.8 Å². The summed E-state index contributed by atoms with van der Waals surface area (Å²) < 4.78 is 0. The third-order valence-electron chi connectivity index (χ3n) is 2.22. The van der Waals surface area contributed by atoms with Gasteiger partial charge in [0.05, 0.1) is 0 Å². The zero-order valence-corrected chi connectivity index (χ0v) is 8.74. The number of pyridine rings is 1. The van der Waals surface area contributed by atoms with Crippen LogP contribution in [0.5, 0.6) is 0 Å². The highest BCUT2D eigenvalue weighted by Crippen LogP contribution is 2.26. The van der Waals surface area contributed by atoms with Crippen molar-refractivity contribution in [3.63, 3.8) is 0 Å². The van der Waals surface area contributed by atoms with Crippen LogP contribution in [0.15, 0.2) is 18.3 Å². The summed E-state index contributed by atoms with van der Waals surface area (Å²) in [6.45, 7) is 1.09. The molecule has 2 rings (SSSR count). The Morgan fingerprint density at radius 1 is 1.54 bits per heavy atom. The lowest BCUT2D eigenvalue weighted by atomic mass is 10.1. The van der Waals surface area contributed by atoms with Crippen LogP contribution >= 0.6 is 24.0 Å². The van der Waals surface area contributed by atoms with Crippen molar-refractivity contribution in [1.29, 1.82) is 0 Å². The van der Waals surface area contributed by atoms with E-state index in [1.54, 1.807) is 6.20 Å². The van der Waals surface area contributed by atoms with Crippen molar-refractivity contribution < 1.29 is 0 Å². The number of rotatable bonds is 1. The van der Waals surface area contributed by atoms with E-state index in [-0.39, 0.29) is 12.4 Å². The maximum atomic E-state index is 5.95. The van der Waals surface area contributed by atoms with Crippen LogP contribution in [-0.2, 0) is 0 Å². The molecule has 2 nitrogen and oxygen atoms in total. The fourth-order valence-corrected chi connectivity index (χ4v) is 1.86. The molecule has 0 aliphatic carbocycles. The molecule has 0 saturated carbocycles. The zero-order valence-electron chi connectivity index (χ0n) is 7.16. The third-order valence-corrected chi connectivity index (χ3v) is 2.54. The zero-order chi connectivity index (χ0) is 8.39. The van der Waals surface area contributed by atoms with Gasteiger partial charge < -0.3 is 5.32 Å². The molecule has 1 N–H and O–H groups in total. The Balaban J connectivity index is 0.000000845. The molecule has 1 aliphatic rings. The lowest BCUT2D eigenvalue weighted by molar-refractivity contribution is 0.645. The Hall–Kier alpha value is -0.310. The summed E-state index contributed by atoms with van der Waals surface area (Å²) in [5.41, 5.74) is 1.14. The highest BCUT2D eigenvalue weighted by Gasteiger charge is 2.18. The van der Waals surface area contributed by atoms with E-state index in [2.05, 4.69) is 10.3 Å². The fraction of sp³-hybridized carbons (Fsp3) is 0.444. The molecule has 0 unspecified atom stereocenters. The second-order valence-corrected chi connectivity index (χ2v) is 3.39. The van der Waals surface area contributed by atoms with Crippen molar-refractivity contribution in [1.82, 2.24) is 10.3 Å². The van der Waals surface area contributed by atoms with Crippen molar-refractivity contribution >= 4 is 24.0 Å². The van der Waals surface area contributed by atoms with Crippen LogP contribution in [-0.4, -0.2) is 11.5 Å². The molecule has 0 spiro atoms. The molecule has 1 saturated heterocycles. The molecular formula is C9H12Cl2N2. The number of aromatic nitrogens is 1. The molecule has 1 aromatic rings. The van der Waals surface area contributed by atoms with Gasteiger partial charge in [0.1, 0.15) is 5.15 Å². The summed E-state index contributed by atoms with van der Waals surface area (Å²) in [4.78, 5) is 4.05. The predicted octanol–water partition coefficient (Wildman–Crippen LogP) is 2.58. The first kappa shape index (κ1) is 10.8. The topological polar surface area (TPSA) is 24.9 Å². The van der Waals surface area contributed by atoms with E-state index in [4.69, 9.17) is 11.6 Å². The van der Waals surface area contributed by atoms with E-state index in [0.717, 1.165) is 12.1 Å². The van der Waals surface area contributed by atoms with Gasteiger partial charge in [0.15, 0.2) is 0 Å². The Bertz CT molecular complexity index is 272. The summed E-state index contributed by atoms with van der Waals surface area (Å²) in [5, 5.41) is 4.03. The van der Waals surface area contributed by atoms with E-state index >= 15 is 0 Å². The molecular weight excluding hydrogens is 207 g/mol. The summed E-state index contributed by atoms with van der Waals surface area (Å²) in [6.07, 6.45) is 4.13. The number of nitrogens with one attached hydrogen (secondary N) is 1. The minimum atomic E-state index is 0. The van der Waals surface area contributed by atoms with Crippen molar-refractivity contribution in [3.8, 4) is 0 Å². The van der Waals surface area contributed by atoms with E-state index in [9.17, 15) is 0 Å². The van der Waals surface area contributed by atoms with Gasteiger partial charge in [0.25, 0.3) is 0 Å². The van der Waals surface area contributed by atoms with Gasteiger partial charge in [-0.05, 0) is 25.5 Å². The standard InChI is InChI=1S/C9H11ClN2.ClH/c10-9-7(3-1-6-12-9)8-4-2-5-11-8;/h1,3,6,8,11H,2,4-5H2;1H/t8-;/m0./s1. The molecule has 1 atom stereocenters. The normalized spacial score (nSPS) is 21.2. The SMILES string of the molecule is Cl.Clc1ncccc1[C@@H]1CCCN1. The van der Waals surface area contributed by atoms with Crippen LogP contribution in [0.1, 0.15) is 24.4 Å². The Morgan fingerprint density at radius 2 is 2.38 bits per heavy atom. The van der Waals surface area contributed by atoms with Crippen molar-refractivity contribution in [2.45, 2.75) is 18.9 Å². The predicted molar refractivity (Wildman–Crippen MR) is 56.5 cm³/mol. The van der Waals surface area contributed by atoms with Gasteiger partial charge >= 0.3 is 0 Å². The highest BCUT2D eigenvalue weighted by molar-refractivity contribution is 6.30. The maximum absolute atomic E-state index is 5.95.